The SMILES string of the molecule is Cc1c(C(=O)Nc2cccc(Cl)c2)nnc2ncnn12. The topological polar surface area (TPSA) is 85.1 Å². The predicted octanol–water partition coefficient (Wildman–Crippen LogP) is 1.73. The van der Waals surface area contributed by atoms with Crippen LogP contribution in [0.4, 0.5) is 5.69 Å². The third-order valence-electron chi connectivity index (χ3n) is 2.73. The molecule has 0 saturated carbocycles. The fourth-order valence-corrected chi connectivity index (χ4v) is 1.96. The van der Waals surface area contributed by atoms with Gasteiger partial charge in [0.15, 0.2) is 5.69 Å². The number of amides is 1. The minimum Gasteiger partial charge on any atom is -0.320 e. The number of rotatable bonds is 2. The van der Waals surface area contributed by atoms with E-state index in [4.69, 9.17) is 11.6 Å². The molecule has 0 aliphatic rings. The Labute approximate surface area is 118 Å². The van der Waals surface area contributed by atoms with Crippen LogP contribution in [0.15, 0.2) is 30.6 Å². The van der Waals surface area contributed by atoms with E-state index in [2.05, 4.69) is 25.6 Å². The number of nitrogens with one attached hydrogen (secondary N) is 1. The summed E-state index contributed by atoms with van der Waals surface area (Å²) in [6, 6.07) is 6.86. The molecule has 1 aromatic carbocycles. The minimum atomic E-state index is -0.380. The first kappa shape index (κ1) is 12.5. The zero-order valence-electron chi connectivity index (χ0n) is 10.4. The average molecular weight is 289 g/mol. The molecule has 0 saturated heterocycles. The van der Waals surface area contributed by atoms with E-state index in [1.807, 2.05) is 0 Å². The van der Waals surface area contributed by atoms with Gasteiger partial charge in [-0.05, 0) is 25.1 Å². The first-order valence-corrected chi connectivity index (χ1v) is 6.13. The summed E-state index contributed by atoms with van der Waals surface area (Å²) in [6.07, 6.45) is 1.36. The lowest BCUT2D eigenvalue weighted by Crippen LogP contribution is -2.18. The molecule has 0 aliphatic heterocycles. The Kier molecular flexibility index (Phi) is 3.03. The summed E-state index contributed by atoms with van der Waals surface area (Å²) in [5.41, 5.74) is 1.33. The van der Waals surface area contributed by atoms with Crippen LogP contribution in [0.3, 0.4) is 0 Å². The highest BCUT2D eigenvalue weighted by Gasteiger charge is 2.15. The van der Waals surface area contributed by atoms with Crippen molar-refractivity contribution in [1.29, 1.82) is 0 Å². The summed E-state index contributed by atoms with van der Waals surface area (Å²) in [4.78, 5) is 16.1. The number of carbonyl (C=O) groups excluding carboxylic acids is 1. The summed E-state index contributed by atoms with van der Waals surface area (Å²) in [7, 11) is 0. The Morgan fingerprint density at radius 1 is 1.35 bits per heavy atom. The van der Waals surface area contributed by atoms with Gasteiger partial charge in [-0.1, -0.05) is 17.7 Å². The molecule has 2 heterocycles. The lowest BCUT2D eigenvalue weighted by molar-refractivity contribution is 0.102. The van der Waals surface area contributed by atoms with Crippen molar-refractivity contribution in [3.63, 3.8) is 0 Å². The number of carbonyl (C=O) groups is 1. The van der Waals surface area contributed by atoms with Gasteiger partial charge in [-0.2, -0.15) is 14.6 Å². The van der Waals surface area contributed by atoms with Crippen molar-refractivity contribution in [2.75, 3.05) is 5.32 Å². The van der Waals surface area contributed by atoms with Gasteiger partial charge < -0.3 is 5.32 Å². The Morgan fingerprint density at radius 3 is 3.00 bits per heavy atom. The van der Waals surface area contributed by atoms with Gasteiger partial charge in [0, 0.05) is 10.7 Å². The summed E-state index contributed by atoms with van der Waals surface area (Å²) in [6.45, 7) is 1.73. The Bertz CT molecular complexity index is 799. The molecule has 1 N–H and O–H groups in total. The molecule has 0 spiro atoms. The highest BCUT2D eigenvalue weighted by Crippen LogP contribution is 2.16. The summed E-state index contributed by atoms with van der Waals surface area (Å²) < 4.78 is 1.46. The molecule has 3 rings (SSSR count). The number of halogens is 1. The molecule has 1 amide bonds. The fourth-order valence-electron chi connectivity index (χ4n) is 1.77. The van der Waals surface area contributed by atoms with Gasteiger partial charge in [0.2, 0.25) is 0 Å². The maximum Gasteiger partial charge on any atom is 0.278 e. The second kappa shape index (κ2) is 4.86. The summed E-state index contributed by atoms with van der Waals surface area (Å²) >= 11 is 5.87. The highest BCUT2D eigenvalue weighted by atomic mass is 35.5. The molecular formula is C12H9ClN6O. The van der Waals surface area contributed by atoms with E-state index in [-0.39, 0.29) is 11.6 Å². The molecule has 2 aromatic heterocycles. The molecule has 0 atom stereocenters. The third kappa shape index (κ3) is 2.19. The van der Waals surface area contributed by atoms with E-state index in [1.54, 1.807) is 31.2 Å². The molecule has 0 radical (unpaired) electrons. The minimum absolute atomic E-state index is 0.183. The lowest BCUT2D eigenvalue weighted by Gasteiger charge is -2.07. The van der Waals surface area contributed by atoms with Crippen LogP contribution in [-0.2, 0) is 0 Å². The second-order valence-electron chi connectivity index (χ2n) is 4.07. The van der Waals surface area contributed by atoms with Crippen molar-refractivity contribution < 1.29 is 4.79 Å². The van der Waals surface area contributed by atoms with Gasteiger partial charge in [-0.3, -0.25) is 4.79 Å². The number of aryl methyl sites for hydroxylation is 1. The van der Waals surface area contributed by atoms with E-state index < -0.39 is 0 Å². The van der Waals surface area contributed by atoms with E-state index in [9.17, 15) is 4.79 Å². The molecule has 0 fully saturated rings. The standard InChI is InChI=1S/C12H9ClN6O/c1-7-10(17-18-12-14-6-15-19(7)12)11(20)16-9-4-2-3-8(13)5-9/h2-6H,1H3,(H,16,20). The number of benzene rings is 1. The molecule has 8 heteroatoms. The molecular weight excluding hydrogens is 280 g/mol. The quantitative estimate of drug-likeness (QED) is 0.776. The van der Waals surface area contributed by atoms with Crippen LogP contribution in [-0.4, -0.2) is 30.7 Å². The molecule has 0 aliphatic carbocycles. The lowest BCUT2D eigenvalue weighted by atomic mass is 10.3. The van der Waals surface area contributed by atoms with Crippen molar-refractivity contribution in [3.05, 3.63) is 47.0 Å². The van der Waals surface area contributed by atoms with Crippen LogP contribution >= 0.6 is 11.6 Å². The van der Waals surface area contributed by atoms with Gasteiger partial charge in [0.05, 0.1) is 5.69 Å². The molecule has 0 unspecified atom stereocenters. The van der Waals surface area contributed by atoms with Gasteiger partial charge in [0.25, 0.3) is 11.7 Å². The third-order valence-corrected chi connectivity index (χ3v) is 2.96. The first-order valence-electron chi connectivity index (χ1n) is 5.75. The highest BCUT2D eigenvalue weighted by molar-refractivity contribution is 6.30. The van der Waals surface area contributed by atoms with E-state index in [0.29, 0.717) is 22.2 Å². The van der Waals surface area contributed by atoms with Crippen molar-refractivity contribution in [2.45, 2.75) is 6.92 Å². The molecule has 0 bridgehead atoms. The molecule has 3 aromatic rings. The first-order chi connectivity index (χ1) is 9.65. The van der Waals surface area contributed by atoms with Crippen LogP contribution in [0.2, 0.25) is 5.02 Å². The van der Waals surface area contributed by atoms with Gasteiger partial charge in [-0.25, -0.2) is 0 Å². The van der Waals surface area contributed by atoms with E-state index >= 15 is 0 Å². The monoisotopic (exact) mass is 288 g/mol. The van der Waals surface area contributed by atoms with Crippen molar-refractivity contribution in [3.8, 4) is 0 Å². The van der Waals surface area contributed by atoms with Crippen LogP contribution in [0, 0.1) is 6.92 Å². The average Bonchev–Trinajstić information content (AvgIpc) is 2.88. The predicted molar refractivity (Wildman–Crippen MR) is 72.7 cm³/mol. The zero-order chi connectivity index (χ0) is 14.1. The van der Waals surface area contributed by atoms with E-state index in [0.717, 1.165) is 0 Å². The van der Waals surface area contributed by atoms with Crippen LogP contribution in [0.5, 0.6) is 0 Å². The fraction of sp³-hybridized carbons (Fsp3) is 0.0833. The maximum atomic E-state index is 12.2. The number of anilines is 1. The van der Waals surface area contributed by atoms with Gasteiger partial charge in [-0.15, -0.1) is 10.2 Å². The maximum absolute atomic E-state index is 12.2. The molecule has 20 heavy (non-hydrogen) atoms. The van der Waals surface area contributed by atoms with Crippen molar-refractivity contribution >= 4 is 29.0 Å². The Balaban J connectivity index is 1.94. The molecule has 7 nitrogen and oxygen atoms in total. The zero-order valence-corrected chi connectivity index (χ0v) is 11.2. The van der Waals surface area contributed by atoms with Crippen molar-refractivity contribution in [2.24, 2.45) is 0 Å². The second-order valence-corrected chi connectivity index (χ2v) is 4.51. The van der Waals surface area contributed by atoms with Crippen LogP contribution in [0.25, 0.3) is 5.78 Å². The number of nitrogens with zero attached hydrogens (tertiary/aromatic N) is 5. The van der Waals surface area contributed by atoms with Crippen molar-refractivity contribution in [1.82, 2.24) is 24.8 Å². The Hall–Kier alpha value is -2.54. The van der Waals surface area contributed by atoms with E-state index in [1.165, 1.54) is 10.8 Å². The summed E-state index contributed by atoms with van der Waals surface area (Å²) in [5.74, 6) is -0.0310. The normalized spacial score (nSPS) is 10.7. The number of hydrogen-bond donors (Lipinski definition) is 1. The van der Waals surface area contributed by atoms with Crippen LogP contribution < -0.4 is 5.32 Å². The number of aromatic nitrogens is 5. The van der Waals surface area contributed by atoms with Gasteiger partial charge >= 0.3 is 0 Å². The van der Waals surface area contributed by atoms with Gasteiger partial charge in [0.1, 0.15) is 6.33 Å². The largest absolute Gasteiger partial charge is 0.320 e. The molecule has 100 valence electrons. The number of fused-ring (bicyclic) bond motifs is 1. The Morgan fingerprint density at radius 2 is 2.20 bits per heavy atom. The van der Waals surface area contributed by atoms with Crippen LogP contribution in [0.1, 0.15) is 16.2 Å². The summed E-state index contributed by atoms with van der Waals surface area (Å²) in [5, 5.41) is 14.9. The smallest absolute Gasteiger partial charge is 0.278 e. The number of hydrogen-bond acceptors (Lipinski definition) is 5.